The maximum Gasteiger partial charge on any atom is 0.262 e. The Kier molecular flexibility index (Phi) is 4.01. The lowest BCUT2D eigenvalue weighted by Crippen LogP contribution is -2.26. The summed E-state index contributed by atoms with van der Waals surface area (Å²) in [6.07, 6.45) is 0. The minimum Gasteiger partial charge on any atom is -0.481 e. The van der Waals surface area contributed by atoms with Gasteiger partial charge in [0.15, 0.2) is 6.61 Å². The van der Waals surface area contributed by atoms with Crippen molar-refractivity contribution < 1.29 is 14.3 Å². The highest BCUT2D eigenvalue weighted by Crippen LogP contribution is 2.35. The standard InChI is InChI=1S/C19H20N2O3/c1-19(2,3)13-9-7-12(8-10-13)18(23)20-14-5-4-6-15-17(14)21-16(22)11-24-15/h4-10H,11H2,1-3H3,(H,20,23)(H,21,22). The molecule has 0 aliphatic carbocycles. The molecule has 0 atom stereocenters. The smallest absolute Gasteiger partial charge is 0.262 e. The summed E-state index contributed by atoms with van der Waals surface area (Å²) in [5.74, 6) is 0.0814. The quantitative estimate of drug-likeness (QED) is 0.887. The van der Waals surface area contributed by atoms with Crippen LogP contribution in [0.4, 0.5) is 11.4 Å². The van der Waals surface area contributed by atoms with E-state index in [9.17, 15) is 9.59 Å². The largest absolute Gasteiger partial charge is 0.481 e. The van der Waals surface area contributed by atoms with E-state index < -0.39 is 0 Å². The van der Waals surface area contributed by atoms with Crippen LogP contribution in [0.3, 0.4) is 0 Å². The summed E-state index contributed by atoms with van der Waals surface area (Å²) in [5.41, 5.74) is 2.77. The summed E-state index contributed by atoms with van der Waals surface area (Å²) in [7, 11) is 0. The fourth-order valence-electron chi connectivity index (χ4n) is 2.52. The van der Waals surface area contributed by atoms with E-state index >= 15 is 0 Å². The van der Waals surface area contributed by atoms with Gasteiger partial charge < -0.3 is 15.4 Å². The number of carbonyl (C=O) groups excluding carboxylic acids is 2. The van der Waals surface area contributed by atoms with Crippen LogP contribution in [0.15, 0.2) is 42.5 Å². The Labute approximate surface area is 141 Å². The summed E-state index contributed by atoms with van der Waals surface area (Å²) in [6, 6.07) is 12.8. The van der Waals surface area contributed by atoms with Gasteiger partial charge in [0.1, 0.15) is 11.4 Å². The minimum atomic E-state index is -0.237. The zero-order valence-corrected chi connectivity index (χ0v) is 14.0. The Hall–Kier alpha value is -2.82. The van der Waals surface area contributed by atoms with E-state index in [1.54, 1.807) is 30.3 Å². The molecule has 2 aromatic rings. The average molecular weight is 324 g/mol. The third kappa shape index (κ3) is 3.25. The first-order valence-electron chi connectivity index (χ1n) is 7.82. The molecular formula is C19H20N2O3. The molecule has 2 N–H and O–H groups in total. The highest BCUT2D eigenvalue weighted by atomic mass is 16.5. The van der Waals surface area contributed by atoms with Crippen LogP contribution in [0.25, 0.3) is 0 Å². The summed E-state index contributed by atoms with van der Waals surface area (Å²) >= 11 is 0. The van der Waals surface area contributed by atoms with Crippen LogP contribution in [0.2, 0.25) is 0 Å². The van der Waals surface area contributed by atoms with Crippen LogP contribution >= 0.6 is 0 Å². The molecule has 1 aliphatic rings. The van der Waals surface area contributed by atoms with Crippen molar-refractivity contribution in [3.05, 3.63) is 53.6 Å². The predicted octanol–water partition coefficient (Wildman–Crippen LogP) is 3.57. The second-order valence-corrected chi connectivity index (χ2v) is 6.80. The van der Waals surface area contributed by atoms with Gasteiger partial charge in [-0.1, -0.05) is 39.0 Å². The van der Waals surface area contributed by atoms with Crippen LogP contribution in [0.5, 0.6) is 5.75 Å². The van der Waals surface area contributed by atoms with Gasteiger partial charge in [0.25, 0.3) is 11.8 Å². The van der Waals surface area contributed by atoms with E-state index in [2.05, 4.69) is 31.4 Å². The normalized spacial score (nSPS) is 13.5. The lowest BCUT2D eigenvalue weighted by molar-refractivity contribution is -0.118. The predicted molar refractivity (Wildman–Crippen MR) is 93.7 cm³/mol. The molecule has 0 fully saturated rings. The fourth-order valence-corrected chi connectivity index (χ4v) is 2.52. The molecule has 0 unspecified atom stereocenters. The van der Waals surface area contributed by atoms with E-state index in [1.165, 1.54) is 0 Å². The molecule has 1 heterocycles. The van der Waals surface area contributed by atoms with Gasteiger partial charge in [-0.25, -0.2) is 0 Å². The monoisotopic (exact) mass is 324 g/mol. The molecule has 3 rings (SSSR count). The van der Waals surface area contributed by atoms with Crippen LogP contribution in [0.1, 0.15) is 36.7 Å². The topological polar surface area (TPSA) is 67.4 Å². The van der Waals surface area contributed by atoms with Crippen LogP contribution < -0.4 is 15.4 Å². The number of amides is 2. The molecule has 0 saturated carbocycles. The highest BCUT2D eigenvalue weighted by Gasteiger charge is 2.20. The molecule has 5 nitrogen and oxygen atoms in total. The van der Waals surface area contributed by atoms with Crippen molar-refractivity contribution in [3.8, 4) is 5.75 Å². The molecular weight excluding hydrogens is 304 g/mol. The number of carbonyl (C=O) groups is 2. The SMILES string of the molecule is CC(C)(C)c1ccc(C(=O)Nc2cccc3c2NC(=O)CO3)cc1. The van der Waals surface area contributed by atoms with Gasteiger partial charge in [0.2, 0.25) is 0 Å². The maximum absolute atomic E-state index is 12.5. The summed E-state index contributed by atoms with van der Waals surface area (Å²) < 4.78 is 5.35. The molecule has 0 aromatic heterocycles. The van der Waals surface area contributed by atoms with Crippen molar-refractivity contribution in [2.24, 2.45) is 0 Å². The zero-order chi connectivity index (χ0) is 17.3. The molecule has 0 bridgehead atoms. The van der Waals surface area contributed by atoms with Crippen LogP contribution in [-0.4, -0.2) is 18.4 Å². The van der Waals surface area contributed by atoms with Crippen molar-refractivity contribution in [2.75, 3.05) is 17.2 Å². The number of anilines is 2. The molecule has 2 amide bonds. The van der Waals surface area contributed by atoms with Gasteiger partial charge in [-0.2, -0.15) is 0 Å². The van der Waals surface area contributed by atoms with Crippen molar-refractivity contribution in [1.82, 2.24) is 0 Å². The van der Waals surface area contributed by atoms with Gasteiger partial charge in [-0.05, 0) is 35.2 Å². The van der Waals surface area contributed by atoms with Crippen LogP contribution in [-0.2, 0) is 10.2 Å². The second-order valence-electron chi connectivity index (χ2n) is 6.80. The van der Waals surface area contributed by atoms with Crippen molar-refractivity contribution in [1.29, 1.82) is 0 Å². The van der Waals surface area contributed by atoms with Gasteiger partial charge in [-0.3, -0.25) is 9.59 Å². The summed E-state index contributed by atoms with van der Waals surface area (Å²) in [4.78, 5) is 24.0. The summed E-state index contributed by atoms with van der Waals surface area (Å²) in [6.45, 7) is 6.36. The molecule has 0 saturated heterocycles. The lowest BCUT2D eigenvalue weighted by Gasteiger charge is -2.21. The minimum absolute atomic E-state index is 0.0152. The number of rotatable bonds is 2. The first kappa shape index (κ1) is 16.1. The molecule has 24 heavy (non-hydrogen) atoms. The maximum atomic E-state index is 12.5. The van der Waals surface area contributed by atoms with E-state index in [-0.39, 0.29) is 23.8 Å². The first-order chi connectivity index (χ1) is 11.3. The lowest BCUT2D eigenvalue weighted by atomic mass is 9.87. The Morgan fingerprint density at radius 1 is 1.12 bits per heavy atom. The molecule has 1 aliphatic heterocycles. The third-order valence-electron chi connectivity index (χ3n) is 3.91. The highest BCUT2D eigenvalue weighted by molar-refractivity contribution is 6.08. The second kappa shape index (κ2) is 6.00. The molecule has 0 spiro atoms. The Morgan fingerprint density at radius 2 is 1.83 bits per heavy atom. The van der Waals surface area contributed by atoms with E-state index in [0.29, 0.717) is 22.7 Å². The summed E-state index contributed by atoms with van der Waals surface area (Å²) in [5, 5.41) is 5.57. The van der Waals surface area contributed by atoms with Gasteiger partial charge in [-0.15, -0.1) is 0 Å². The Morgan fingerprint density at radius 3 is 2.50 bits per heavy atom. The number of para-hydroxylation sites is 1. The van der Waals surface area contributed by atoms with Crippen molar-refractivity contribution in [2.45, 2.75) is 26.2 Å². The number of ether oxygens (including phenoxy) is 1. The van der Waals surface area contributed by atoms with Gasteiger partial charge in [0.05, 0.1) is 5.69 Å². The first-order valence-corrected chi connectivity index (χ1v) is 7.82. The van der Waals surface area contributed by atoms with E-state index in [1.807, 2.05) is 12.1 Å². The van der Waals surface area contributed by atoms with Crippen LogP contribution in [0, 0.1) is 0 Å². The average Bonchev–Trinajstić information content (AvgIpc) is 2.54. The third-order valence-corrected chi connectivity index (χ3v) is 3.91. The van der Waals surface area contributed by atoms with Gasteiger partial charge in [0, 0.05) is 5.56 Å². The number of hydrogen-bond donors (Lipinski definition) is 2. The number of hydrogen-bond acceptors (Lipinski definition) is 3. The number of nitrogens with one attached hydrogen (secondary N) is 2. The number of benzene rings is 2. The Bertz CT molecular complexity index is 789. The van der Waals surface area contributed by atoms with Gasteiger partial charge >= 0.3 is 0 Å². The van der Waals surface area contributed by atoms with E-state index in [4.69, 9.17) is 4.74 Å². The fraction of sp³-hybridized carbons (Fsp3) is 0.263. The van der Waals surface area contributed by atoms with E-state index in [0.717, 1.165) is 5.56 Å². The van der Waals surface area contributed by atoms with Crippen molar-refractivity contribution >= 4 is 23.2 Å². The van der Waals surface area contributed by atoms with Crippen molar-refractivity contribution in [3.63, 3.8) is 0 Å². The zero-order valence-electron chi connectivity index (χ0n) is 14.0. The molecule has 5 heteroatoms. The molecule has 0 radical (unpaired) electrons. The number of fused-ring (bicyclic) bond motifs is 1. The molecule has 2 aromatic carbocycles. The molecule has 124 valence electrons. The Balaban J connectivity index is 1.82.